The summed E-state index contributed by atoms with van der Waals surface area (Å²) in [5.41, 5.74) is 1.97. The summed E-state index contributed by atoms with van der Waals surface area (Å²) in [7, 11) is 3.87. The van der Waals surface area contributed by atoms with Gasteiger partial charge in [0, 0.05) is 31.9 Å². The van der Waals surface area contributed by atoms with Crippen molar-refractivity contribution in [3.63, 3.8) is 0 Å². The van der Waals surface area contributed by atoms with Gasteiger partial charge in [0.25, 0.3) is 5.91 Å². The van der Waals surface area contributed by atoms with E-state index in [2.05, 4.69) is 5.32 Å². The van der Waals surface area contributed by atoms with E-state index in [1.807, 2.05) is 43.3 Å². The number of hydrogen-bond acceptors (Lipinski definition) is 3. The van der Waals surface area contributed by atoms with E-state index < -0.39 is 17.8 Å². The maximum absolute atomic E-state index is 13.1. The quantitative estimate of drug-likeness (QED) is 0.891. The van der Waals surface area contributed by atoms with Crippen LogP contribution in [0.4, 0.5) is 10.1 Å². The topological polar surface area (TPSA) is 52.6 Å². The summed E-state index contributed by atoms with van der Waals surface area (Å²) in [4.78, 5) is 13.8. The Labute approximate surface area is 129 Å². The van der Waals surface area contributed by atoms with E-state index in [4.69, 9.17) is 0 Å². The molecule has 0 bridgehead atoms. The van der Waals surface area contributed by atoms with Crippen LogP contribution < -0.4 is 10.2 Å². The van der Waals surface area contributed by atoms with Gasteiger partial charge in [-0.1, -0.05) is 18.2 Å². The van der Waals surface area contributed by atoms with Crippen LogP contribution >= 0.6 is 0 Å². The fraction of sp³-hybridized carbons (Fsp3) is 0.235. The summed E-state index contributed by atoms with van der Waals surface area (Å²) in [6.45, 7) is 0.0661. The highest BCUT2D eigenvalue weighted by Crippen LogP contribution is 2.17. The van der Waals surface area contributed by atoms with Gasteiger partial charge in [-0.15, -0.1) is 0 Å². The smallest absolute Gasteiger partial charge is 0.251 e. The van der Waals surface area contributed by atoms with Crippen molar-refractivity contribution in [2.75, 3.05) is 25.5 Å². The fourth-order valence-electron chi connectivity index (χ4n) is 2.03. The van der Waals surface area contributed by atoms with Crippen molar-refractivity contribution in [3.05, 3.63) is 65.5 Å². The van der Waals surface area contributed by atoms with Crippen LogP contribution in [0.3, 0.4) is 0 Å². The second-order valence-electron chi connectivity index (χ2n) is 5.22. The molecule has 1 atom stereocenters. The minimum absolute atomic E-state index is 0.0661. The molecule has 5 heteroatoms. The van der Waals surface area contributed by atoms with E-state index in [1.165, 1.54) is 18.2 Å². The minimum atomic E-state index is -0.811. The molecule has 0 saturated heterocycles. The lowest BCUT2D eigenvalue weighted by Gasteiger charge is -2.15. The summed E-state index contributed by atoms with van der Waals surface area (Å²) >= 11 is 0. The Morgan fingerprint density at radius 3 is 2.50 bits per heavy atom. The van der Waals surface area contributed by atoms with Crippen molar-refractivity contribution in [2.45, 2.75) is 6.10 Å². The summed E-state index contributed by atoms with van der Waals surface area (Å²) in [5.74, 6) is -0.879. The third kappa shape index (κ3) is 4.05. The lowest BCUT2D eigenvalue weighted by molar-refractivity contribution is 0.0916. The van der Waals surface area contributed by atoms with Gasteiger partial charge in [0.15, 0.2) is 0 Å². The molecule has 0 aromatic heterocycles. The van der Waals surface area contributed by atoms with Gasteiger partial charge in [0.05, 0.1) is 6.10 Å². The molecule has 0 aliphatic carbocycles. The number of anilines is 1. The second kappa shape index (κ2) is 7.04. The number of carbonyl (C=O) groups is 1. The highest BCUT2D eigenvalue weighted by molar-refractivity contribution is 5.94. The number of amides is 1. The van der Waals surface area contributed by atoms with Gasteiger partial charge in [-0.05, 0) is 35.9 Å². The average Bonchev–Trinajstić information content (AvgIpc) is 2.52. The van der Waals surface area contributed by atoms with Crippen molar-refractivity contribution in [3.8, 4) is 0 Å². The van der Waals surface area contributed by atoms with Crippen LogP contribution in [0.2, 0.25) is 0 Å². The van der Waals surface area contributed by atoms with Gasteiger partial charge in [0.1, 0.15) is 5.82 Å². The molecule has 1 amide bonds. The molecule has 22 heavy (non-hydrogen) atoms. The molecule has 0 radical (unpaired) electrons. The Morgan fingerprint density at radius 1 is 1.23 bits per heavy atom. The Hall–Kier alpha value is -2.40. The summed E-state index contributed by atoms with van der Waals surface area (Å²) in [5, 5.41) is 12.7. The minimum Gasteiger partial charge on any atom is -0.387 e. The predicted molar refractivity (Wildman–Crippen MR) is 84.5 cm³/mol. The number of nitrogens with zero attached hydrogens (tertiary/aromatic N) is 1. The first kappa shape index (κ1) is 16.0. The Kier molecular flexibility index (Phi) is 5.12. The number of aliphatic hydroxyl groups is 1. The number of aliphatic hydroxyl groups excluding tert-OH is 1. The van der Waals surface area contributed by atoms with E-state index >= 15 is 0 Å². The number of halogens is 1. The molecule has 0 fully saturated rings. The third-order valence-corrected chi connectivity index (χ3v) is 3.34. The molecular weight excluding hydrogens is 283 g/mol. The van der Waals surface area contributed by atoms with Crippen LogP contribution in [-0.2, 0) is 0 Å². The Bertz CT molecular complexity index is 641. The molecule has 0 heterocycles. The standard InChI is InChI=1S/C17H19FN2O2/c1-20(2)15-8-6-12(7-9-15)16(21)11-19-17(22)13-4-3-5-14(18)10-13/h3-10,16,21H,11H2,1-2H3,(H,19,22). The van der Waals surface area contributed by atoms with Crippen molar-refractivity contribution in [1.82, 2.24) is 5.32 Å². The zero-order chi connectivity index (χ0) is 16.1. The summed E-state index contributed by atoms with van der Waals surface area (Å²) in [6, 6.07) is 12.9. The zero-order valence-corrected chi connectivity index (χ0v) is 12.6. The average molecular weight is 302 g/mol. The van der Waals surface area contributed by atoms with E-state index in [9.17, 15) is 14.3 Å². The zero-order valence-electron chi connectivity index (χ0n) is 12.6. The van der Waals surface area contributed by atoms with Gasteiger partial charge in [-0.25, -0.2) is 4.39 Å². The van der Waals surface area contributed by atoms with E-state index in [-0.39, 0.29) is 12.1 Å². The monoisotopic (exact) mass is 302 g/mol. The van der Waals surface area contributed by atoms with Crippen LogP contribution in [0, 0.1) is 5.82 Å². The highest BCUT2D eigenvalue weighted by atomic mass is 19.1. The van der Waals surface area contributed by atoms with Crippen molar-refractivity contribution >= 4 is 11.6 Å². The first-order valence-corrected chi connectivity index (χ1v) is 6.96. The number of rotatable bonds is 5. The molecule has 2 N–H and O–H groups in total. The molecular formula is C17H19FN2O2. The number of nitrogens with one attached hydrogen (secondary N) is 1. The van der Waals surface area contributed by atoms with Crippen molar-refractivity contribution in [1.29, 1.82) is 0 Å². The van der Waals surface area contributed by atoms with E-state index in [0.717, 1.165) is 11.8 Å². The van der Waals surface area contributed by atoms with Crippen LogP contribution in [0.15, 0.2) is 48.5 Å². The fourth-order valence-corrected chi connectivity index (χ4v) is 2.03. The molecule has 0 spiro atoms. The molecule has 116 valence electrons. The molecule has 0 aliphatic rings. The first-order chi connectivity index (χ1) is 10.5. The molecule has 0 saturated carbocycles. The molecule has 4 nitrogen and oxygen atoms in total. The van der Waals surface area contributed by atoms with Crippen LogP contribution in [-0.4, -0.2) is 31.7 Å². The predicted octanol–water partition coefficient (Wildman–Crippen LogP) is 2.36. The van der Waals surface area contributed by atoms with Gasteiger partial charge in [0.2, 0.25) is 0 Å². The van der Waals surface area contributed by atoms with E-state index in [0.29, 0.717) is 5.56 Å². The highest BCUT2D eigenvalue weighted by Gasteiger charge is 2.11. The van der Waals surface area contributed by atoms with Crippen LogP contribution in [0.5, 0.6) is 0 Å². The van der Waals surface area contributed by atoms with E-state index in [1.54, 1.807) is 0 Å². The Balaban J connectivity index is 1.94. The Morgan fingerprint density at radius 2 is 1.91 bits per heavy atom. The third-order valence-electron chi connectivity index (χ3n) is 3.34. The molecule has 2 rings (SSSR count). The maximum atomic E-state index is 13.1. The SMILES string of the molecule is CN(C)c1ccc(C(O)CNC(=O)c2cccc(F)c2)cc1. The number of carbonyl (C=O) groups excluding carboxylic acids is 1. The van der Waals surface area contributed by atoms with Gasteiger partial charge in [-0.2, -0.15) is 0 Å². The second-order valence-corrected chi connectivity index (χ2v) is 5.22. The normalized spacial score (nSPS) is 11.8. The van der Waals surface area contributed by atoms with Gasteiger partial charge >= 0.3 is 0 Å². The maximum Gasteiger partial charge on any atom is 0.251 e. The number of hydrogen-bond donors (Lipinski definition) is 2. The van der Waals surface area contributed by atoms with Gasteiger partial charge < -0.3 is 15.3 Å². The summed E-state index contributed by atoms with van der Waals surface area (Å²) in [6.07, 6.45) is -0.811. The van der Waals surface area contributed by atoms with Crippen LogP contribution in [0.25, 0.3) is 0 Å². The first-order valence-electron chi connectivity index (χ1n) is 6.96. The van der Waals surface area contributed by atoms with Gasteiger partial charge in [-0.3, -0.25) is 4.79 Å². The lowest BCUT2D eigenvalue weighted by atomic mass is 10.1. The molecule has 0 aliphatic heterocycles. The molecule has 1 unspecified atom stereocenters. The largest absolute Gasteiger partial charge is 0.387 e. The van der Waals surface area contributed by atoms with Crippen molar-refractivity contribution < 1.29 is 14.3 Å². The molecule has 2 aromatic carbocycles. The van der Waals surface area contributed by atoms with Crippen molar-refractivity contribution in [2.24, 2.45) is 0 Å². The summed E-state index contributed by atoms with van der Waals surface area (Å²) < 4.78 is 13.1. The lowest BCUT2D eigenvalue weighted by Crippen LogP contribution is -2.28. The van der Waals surface area contributed by atoms with Crippen LogP contribution in [0.1, 0.15) is 22.0 Å². The molecule has 2 aromatic rings. The number of benzene rings is 2.